The van der Waals surface area contributed by atoms with E-state index >= 15 is 0 Å². The fourth-order valence-corrected chi connectivity index (χ4v) is 3.90. The minimum absolute atomic E-state index is 0.0127. The highest BCUT2D eigenvalue weighted by atomic mass is 35.5. The van der Waals surface area contributed by atoms with E-state index in [0.29, 0.717) is 60.1 Å². The SMILES string of the molecule is CNc1nc(Nc2ccc(C(=O)N3CCOCC3)cc2OC2CCCC2)ncc1Cl. The molecule has 2 aliphatic rings. The van der Waals surface area contributed by atoms with Gasteiger partial charge in [0.2, 0.25) is 5.95 Å². The molecule has 0 spiro atoms. The molecule has 1 aliphatic heterocycles. The van der Waals surface area contributed by atoms with E-state index in [1.165, 1.54) is 6.20 Å². The van der Waals surface area contributed by atoms with Crippen molar-refractivity contribution >= 4 is 35.0 Å². The monoisotopic (exact) mass is 431 g/mol. The van der Waals surface area contributed by atoms with E-state index in [-0.39, 0.29) is 12.0 Å². The van der Waals surface area contributed by atoms with Gasteiger partial charge in [-0.25, -0.2) is 4.98 Å². The van der Waals surface area contributed by atoms with Crippen LogP contribution in [0.2, 0.25) is 5.02 Å². The zero-order chi connectivity index (χ0) is 20.9. The number of carbonyl (C=O) groups excluding carboxylic acids is 1. The van der Waals surface area contributed by atoms with Gasteiger partial charge in [-0.3, -0.25) is 4.79 Å². The first-order valence-corrected chi connectivity index (χ1v) is 10.7. The lowest BCUT2D eigenvalue weighted by molar-refractivity contribution is 0.0302. The number of nitrogens with zero attached hydrogens (tertiary/aromatic N) is 3. The second-order valence-corrected chi connectivity index (χ2v) is 7.81. The molecule has 1 aromatic heterocycles. The molecule has 1 saturated carbocycles. The van der Waals surface area contributed by atoms with Crippen LogP contribution < -0.4 is 15.4 Å². The number of ether oxygens (including phenoxy) is 2. The van der Waals surface area contributed by atoms with Gasteiger partial charge >= 0.3 is 0 Å². The average molecular weight is 432 g/mol. The summed E-state index contributed by atoms with van der Waals surface area (Å²) in [4.78, 5) is 23.4. The number of halogens is 1. The molecule has 9 heteroatoms. The first-order valence-electron chi connectivity index (χ1n) is 10.3. The van der Waals surface area contributed by atoms with Crippen LogP contribution in [0.4, 0.5) is 17.5 Å². The second-order valence-electron chi connectivity index (χ2n) is 7.40. The van der Waals surface area contributed by atoms with Crippen LogP contribution in [0.5, 0.6) is 5.75 Å². The molecule has 0 atom stereocenters. The van der Waals surface area contributed by atoms with Gasteiger partial charge in [0.15, 0.2) is 0 Å². The third-order valence-electron chi connectivity index (χ3n) is 5.35. The predicted octanol–water partition coefficient (Wildman–Crippen LogP) is 3.71. The predicted molar refractivity (Wildman–Crippen MR) is 116 cm³/mol. The van der Waals surface area contributed by atoms with Crippen molar-refractivity contribution in [3.63, 3.8) is 0 Å². The van der Waals surface area contributed by atoms with Crippen molar-refractivity contribution in [3.05, 3.63) is 35.0 Å². The lowest BCUT2D eigenvalue weighted by Crippen LogP contribution is -2.40. The summed E-state index contributed by atoms with van der Waals surface area (Å²) in [7, 11) is 1.75. The van der Waals surface area contributed by atoms with Crippen LogP contribution in [0.1, 0.15) is 36.0 Å². The van der Waals surface area contributed by atoms with Gasteiger partial charge in [0.05, 0.1) is 31.2 Å². The van der Waals surface area contributed by atoms with Crippen LogP contribution in [0.3, 0.4) is 0 Å². The van der Waals surface area contributed by atoms with Crippen LogP contribution in [0.15, 0.2) is 24.4 Å². The molecule has 1 aliphatic carbocycles. The molecule has 1 saturated heterocycles. The Hall–Kier alpha value is -2.58. The maximum atomic E-state index is 12.9. The number of hydrogen-bond acceptors (Lipinski definition) is 7. The number of nitrogens with one attached hydrogen (secondary N) is 2. The minimum Gasteiger partial charge on any atom is -0.488 e. The standard InChI is InChI=1S/C21H26ClN5O3/c1-23-19-16(22)13-24-21(26-19)25-17-7-6-14(20(28)27-8-10-29-11-9-27)12-18(17)30-15-4-2-3-5-15/h6-7,12-13,15H,2-5,8-11H2,1H3,(H2,23,24,25,26). The Kier molecular flexibility index (Phi) is 6.54. The summed E-state index contributed by atoms with van der Waals surface area (Å²) >= 11 is 6.08. The van der Waals surface area contributed by atoms with Crippen molar-refractivity contribution in [1.29, 1.82) is 0 Å². The fraction of sp³-hybridized carbons (Fsp3) is 0.476. The van der Waals surface area contributed by atoms with Gasteiger partial charge in [0.1, 0.15) is 16.6 Å². The number of morpholine rings is 1. The topological polar surface area (TPSA) is 88.6 Å². The Balaban J connectivity index is 1.60. The quantitative estimate of drug-likeness (QED) is 0.720. The van der Waals surface area contributed by atoms with E-state index in [0.717, 1.165) is 25.7 Å². The highest BCUT2D eigenvalue weighted by Crippen LogP contribution is 2.33. The van der Waals surface area contributed by atoms with Crippen molar-refractivity contribution in [2.75, 3.05) is 44.0 Å². The van der Waals surface area contributed by atoms with Crippen LogP contribution in [-0.2, 0) is 4.74 Å². The van der Waals surface area contributed by atoms with Gasteiger partial charge in [0.25, 0.3) is 5.91 Å². The third-order valence-corrected chi connectivity index (χ3v) is 5.63. The highest BCUT2D eigenvalue weighted by Gasteiger charge is 2.22. The lowest BCUT2D eigenvalue weighted by Gasteiger charge is -2.27. The van der Waals surface area contributed by atoms with E-state index < -0.39 is 0 Å². The summed E-state index contributed by atoms with van der Waals surface area (Å²) in [6, 6.07) is 5.46. The van der Waals surface area contributed by atoms with Gasteiger partial charge in [-0.1, -0.05) is 11.6 Å². The molecular weight excluding hydrogens is 406 g/mol. The van der Waals surface area contributed by atoms with Gasteiger partial charge < -0.3 is 25.0 Å². The Labute approximate surface area is 180 Å². The fourth-order valence-electron chi connectivity index (χ4n) is 3.71. The summed E-state index contributed by atoms with van der Waals surface area (Å²) in [5.74, 6) is 1.55. The summed E-state index contributed by atoms with van der Waals surface area (Å²) in [5.41, 5.74) is 1.31. The summed E-state index contributed by atoms with van der Waals surface area (Å²) in [6.45, 7) is 2.34. The van der Waals surface area contributed by atoms with Crippen LogP contribution >= 0.6 is 11.6 Å². The maximum absolute atomic E-state index is 12.9. The molecule has 1 aromatic carbocycles. The number of anilines is 3. The zero-order valence-electron chi connectivity index (χ0n) is 17.0. The van der Waals surface area contributed by atoms with E-state index in [1.807, 2.05) is 17.0 Å². The zero-order valence-corrected chi connectivity index (χ0v) is 17.7. The minimum atomic E-state index is -0.0127. The van der Waals surface area contributed by atoms with Crippen LogP contribution in [0, 0.1) is 0 Å². The average Bonchev–Trinajstić information content (AvgIpc) is 3.29. The van der Waals surface area contributed by atoms with Crippen LogP contribution in [-0.4, -0.2) is 60.2 Å². The van der Waals surface area contributed by atoms with Gasteiger partial charge in [-0.2, -0.15) is 4.98 Å². The molecule has 8 nitrogen and oxygen atoms in total. The molecule has 30 heavy (non-hydrogen) atoms. The molecule has 0 bridgehead atoms. The first-order chi connectivity index (χ1) is 14.6. The maximum Gasteiger partial charge on any atom is 0.254 e. The number of hydrogen-bond donors (Lipinski definition) is 2. The number of aromatic nitrogens is 2. The molecule has 2 aromatic rings. The molecule has 4 rings (SSSR count). The molecular formula is C21H26ClN5O3. The smallest absolute Gasteiger partial charge is 0.254 e. The highest BCUT2D eigenvalue weighted by molar-refractivity contribution is 6.32. The lowest BCUT2D eigenvalue weighted by atomic mass is 10.1. The molecule has 0 radical (unpaired) electrons. The molecule has 160 valence electrons. The summed E-state index contributed by atoms with van der Waals surface area (Å²) in [6.07, 6.45) is 6.04. The Bertz CT molecular complexity index is 898. The van der Waals surface area contributed by atoms with E-state index in [2.05, 4.69) is 20.6 Å². The second kappa shape index (κ2) is 9.49. The van der Waals surface area contributed by atoms with E-state index in [1.54, 1.807) is 13.1 Å². The molecule has 2 N–H and O–H groups in total. The Morgan fingerprint density at radius 3 is 2.77 bits per heavy atom. The van der Waals surface area contributed by atoms with Gasteiger partial charge in [0, 0.05) is 25.7 Å². The third kappa shape index (κ3) is 4.76. The van der Waals surface area contributed by atoms with Crippen LogP contribution in [0.25, 0.3) is 0 Å². The van der Waals surface area contributed by atoms with Crippen molar-refractivity contribution in [2.24, 2.45) is 0 Å². The number of benzene rings is 1. The van der Waals surface area contributed by atoms with Crippen molar-refractivity contribution in [2.45, 2.75) is 31.8 Å². The Morgan fingerprint density at radius 1 is 1.27 bits per heavy atom. The summed E-state index contributed by atoms with van der Waals surface area (Å²) < 4.78 is 11.6. The first kappa shape index (κ1) is 20.7. The van der Waals surface area contributed by atoms with E-state index in [9.17, 15) is 4.79 Å². The van der Waals surface area contributed by atoms with Crippen molar-refractivity contribution in [3.8, 4) is 5.75 Å². The van der Waals surface area contributed by atoms with E-state index in [4.69, 9.17) is 21.1 Å². The Morgan fingerprint density at radius 2 is 2.03 bits per heavy atom. The molecule has 1 amide bonds. The molecule has 2 fully saturated rings. The molecule has 2 heterocycles. The molecule has 0 unspecified atom stereocenters. The number of carbonyl (C=O) groups is 1. The van der Waals surface area contributed by atoms with Crippen molar-refractivity contribution in [1.82, 2.24) is 14.9 Å². The summed E-state index contributed by atoms with van der Waals surface area (Å²) in [5, 5.41) is 6.59. The number of rotatable bonds is 6. The van der Waals surface area contributed by atoms with Gasteiger partial charge in [-0.05, 0) is 43.9 Å². The largest absolute Gasteiger partial charge is 0.488 e. The normalized spacial score (nSPS) is 17.1. The van der Waals surface area contributed by atoms with Crippen molar-refractivity contribution < 1.29 is 14.3 Å². The number of amides is 1. The van der Waals surface area contributed by atoms with Gasteiger partial charge in [-0.15, -0.1) is 0 Å².